The van der Waals surface area contributed by atoms with Crippen molar-refractivity contribution in [1.29, 1.82) is 0 Å². The Hall–Kier alpha value is -3.05. The Balaban J connectivity index is 1.46. The lowest BCUT2D eigenvalue weighted by molar-refractivity contribution is 0.0927. The van der Waals surface area contributed by atoms with Gasteiger partial charge in [-0.1, -0.05) is 17.7 Å². The molecule has 0 atom stereocenters. The minimum Gasteiger partial charge on any atom is -0.350 e. The van der Waals surface area contributed by atoms with Gasteiger partial charge in [-0.15, -0.1) is 0 Å². The van der Waals surface area contributed by atoms with Crippen molar-refractivity contribution in [2.24, 2.45) is 0 Å². The van der Waals surface area contributed by atoms with Crippen LogP contribution < -0.4 is 10.6 Å². The highest BCUT2D eigenvalue weighted by Gasteiger charge is 2.07. The van der Waals surface area contributed by atoms with Crippen LogP contribution in [-0.4, -0.2) is 29.5 Å². The molecule has 1 aromatic heterocycles. The number of hydrogen-bond acceptors (Lipinski definition) is 2. The predicted molar refractivity (Wildman–Crippen MR) is 102 cm³/mol. The molecule has 0 spiro atoms. The van der Waals surface area contributed by atoms with Gasteiger partial charge < -0.3 is 15.2 Å². The van der Waals surface area contributed by atoms with Crippen molar-refractivity contribution in [2.45, 2.75) is 0 Å². The van der Waals surface area contributed by atoms with Crippen molar-refractivity contribution >= 4 is 23.4 Å². The van der Waals surface area contributed by atoms with Crippen LogP contribution in [0.5, 0.6) is 0 Å². The van der Waals surface area contributed by atoms with Gasteiger partial charge in [0.25, 0.3) is 11.8 Å². The van der Waals surface area contributed by atoms with E-state index in [-0.39, 0.29) is 11.8 Å². The molecule has 0 aliphatic heterocycles. The van der Waals surface area contributed by atoms with Crippen molar-refractivity contribution < 1.29 is 9.59 Å². The summed E-state index contributed by atoms with van der Waals surface area (Å²) in [5.41, 5.74) is 2.05. The zero-order valence-electron chi connectivity index (χ0n) is 14.0. The maximum Gasteiger partial charge on any atom is 0.251 e. The highest BCUT2D eigenvalue weighted by molar-refractivity contribution is 6.30. The van der Waals surface area contributed by atoms with Gasteiger partial charge in [-0.25, -0.2) is 0 Å². The summed E-state index contributed by atoms with van der Waals surface area (Å²) >= 11 is 5.86. The average Bonchev–Trinajstić information content (AvgIpc) is 3.20. The second kappa shape index (κ2) is 8.36. The van der Waals surface area contributed by atoms with Crippen LogP contribution in [0.4, 0.5) is 0 Å². The van der Waals surface area contributed by atoms with Crippen LogP contribution in [0.25, 0.3) is 5.69 Å². The van der Waals surface area contributed by atoms with E-state index < -0.39 is 0 Å². The van der Waals surface area contributed by atoms with Gasteiger partial charge in [-0.2, -0.15) is 0 Å². The summed E-state index contributed by atoms with van der Waals surface area (Å²) in [6.07, 6.45) is 3.88. The fraction of sp³-hybridized carbons (Fsp3) is 0.100. The average molecular weight is 368 g/mol. The third-order valence-electron chi connectivity index (χ3n) is 3.82. The molecule has 0 saturated heterocycles. The summed E-state index contributed by atoms with van der Waals surface area (Å²) < 4.78 is 1.97. The molecular formula is C20H18ClN3O2. The molecule has 6 heteroatoms. The first-order chi connectivity index (χ1) is 12.6. The molecule has 0 aliphatic carbocycles. The molecule has 3 rings (SSSR count). The normalized spacial score (nSPS) is 10.3. The highest BCUT2D eigenvalue weighted by atomic mass is 35.5. The maximum absolute atomic E-state index is 12.2. The lowest BCUT2D eigenvalue weighted by atomic mass is 10.2. The molecular weight excluding hydrogens is 350 g/mol. The zero-order valence-corrected chi connectivity index (χ0v) is 14.7. The van der Waals surface area contributed by atoms with Crippen molar-refractivity contribution in [2.75, 3.05) is 13.1 Å². The smallest absolute Gasteiger partial charge is 0.251 e. The number of hydrogen-bond donors (Lipinski definition) is 2. The van der Waals surface area contributed by atoms with Crippen LogP contribution in [0.2, 0.25) is 5.02 Å². The Morgan fingerprint density at radius 3 is 2.04 bits per heavy atom. The summed E-state index contributed by atoms with van der Waals surface area (Å²) in [5, 5.41) is 6.04. The number of rotatable bonds is 6. The third-order valence-corrected chi connectivity index (χ3v) is 4.05. The largest absolute Gasteiger partial charge is 0.350 e. The molecule has 3 aromatic rings. The third kappa shape index (κ3) is 4.52. The number of amides is 2. The highest BCUT2D eigenvalue weighted by Crippen LogP contribution is 2.11. The summed E-state index contributed by atoms with van der Waals surface area (Å²) in [4.78, 5) is 24.1. The van der Waals surface area contributed by atoms with Crippen molar-refractivity contribution in [3.8, 4) is 5.69 Å². The Morgan fingerprint density at radius 1 is 0.808 bits per heavy atom. The van der Waals surface area contributed by atoms with Gasteiger partial charge in [0.2, 0.25) is 0 Å². The van der Waals surface area contributed by atoms with Crippen molar-refractivity contribution in [1.82, 2.24) is 15.2 Å². The number of nitrogens with zero attached hydrogens (tertiary/aromatic N) is 1. The lowest BCUT2D eigenvalue weighted by Crippen LogP contribution is -2.34. The minimum absolute atomic E-state index is 0.180. The summed E-state index contributed by atoms with van der Waals surface area (Å²) in [5.74, 6) is -0.404. The van der Waals surface area contributed by atoms with Gasteiger partial charge in [0.05, 0.1) is 0 Å². The van der Waals surface area contributed by atoms with Crippen molar-refractivity contribution in [3.05, 3.63) is 89.2 Å². The standard InChI is InChI=1S/C20H18ClN3O2/c21-17-5-3-4-16(14-17)20(26)23-11-10-22-19(25)15-6-8-18(9-7-15)24-12-1-2-13-24/h1-9,12-14H,10-11H2,(H,22,25)(H,23,26). The minimum atomic E-state index is -0.224. The van der Waals surface area contributed by atoms with Gasteiger partial charge in [-0.3, -0.25) is 9.59 Å². The van der Waals surface area contributed by atoms with Crippen LogP contribution in [0, 0.1) is 0 Å². The number of carbonyl (C=O) groups is 2. The Kier molecular flexibility index (Phi) is 5.71. The molecule has 5 nitrogen and oxygen atoms in total. The van der Waals surface area contributed by atoms with E-state index in [4.69, 9.17) is 11.6 Å². The summed E-state index contributed by atoms with van der Waals surface area (Å²) in [7, 11) is 0. The zero-order chi connectivity index (χ0) is 18.4. The van der Waals surface area contributed by atoms with E-state index in [9.17, 15) is 9.59 Å². The first kappa shape index (κ1) is 17.8. The molecule has 26 heavy (non-hydrogen) atoms. The molecule has 2 aromatic carbocycles. The molecule has 2 N–H and O–H groups in total. The molecule has 0 unspecified atom stereocenters. The number of halogens is 1. The maximum atomic E-state index is 12.2. The SMILES string of the molecule is O=C(NCCNC(=O)c1cccc(Cl)c1)c1ccc(-n2cccc2)cc1. The van der Waals surface area contributed by atoms with Gasteiger partial charge in [0.1, 0.15) is 0 Å². The summed E-state index contributed by atoms with van der Waals surface area (Å²) in [6, 6.07) is 17.9. The van der Waals surface area contributed by atoms with E-state index in [1.165, 1.54) is 0 Å². The number of aromatic nitrogens is 1. The Bertz CT molecular complexity index is 890. The van der Waals surface area contributed by atoms with Gasteiger partial charge in [-0.05, 0) is 54.6 Å². The van der Waals surface area contributed by atoms with E-state index in [2.05, 4.69) is 10.6 Å². The molecule has 0 saturated carbocycles. The first-order valence-electron chi connectivity index (χ1n) is 8.19. The summed E-state index contributed by atoms with van der Waals surface area (Å²) in [6.45, 7) is 0.670. The van der Waals surface area contributed by atoms with Crippen LogP contribution in [-0.2, 0) is 0 Å². The molecule has 0 radical (unpaired) electrons. The number of carbonyl (C=O) groups excluding carboxylic acids is 2. The molecule has 1 heterocycles. The number of benzene rings is 2. The number of nitrogens with one attached hydrogen (secondary N) is 2. The van der Waals surface area contributed by atoms with E-state index >= 15 is 0 Å². The van der Waals surface area contributed by atoms with Crippen LogP contribution in [0.1, 0.15) is 20.7 Å². The van der Waals surface area contributed by atoms with E-state index in [1.807, 2.05) is 41.2 Å². The van der Waals surface area contributed by atoms with Gasteiger partial charge >= 0.3 is 0 Å². The fourth-order valence-corrected chi connectivity index (χ4v) is 2.67. The fourth-order valence-electron chi connectivity index (χ4n) is 2.48. The quantitative estimate of drug-likeness (QED) is 0.657. The van der Waals surface area contributed by atoms with Crippen LogP contribution in [0.15, 0.2) is 73.1 Å². The van der Waals surface area contributed by atoms with E-state index in [0.717, 1.165) is 5.69 Å². The van der Waals surface area contributed by atoms with Crippen LogP contribution in [0.3, 0.4) is 0 Å². The van der Waals surface area contributed by atoms with Crippen LogP contribution >= 0.6 is 11.6 Å². The molecule has 0 fully saturated rings. The molecule has 0 bridgehead atoms. The molecule has 132 valence electrons. The topological polar surface area (TPSA) is 63.1 Å². The molecule has 0 aliphatic rings. The van der Waals surface area contributed by atoms with Crippen molar-refractivity contribution in [3.63, 3.8) is 0 Å². The van der Waals surface area contributed by atoms with E-state index in [1.54, 1.807) is 36.4 Å². The van der Waals surface area contributed by atoms with Gasteiger partial charge in [0, 0.05) is 47.3 Å². The van der Waals surface area contributed by atoms with E-state index in [0.29, 0.717) is 29.2 Å². The molecule has 2 amide bonds. The lowest BCUT2D eigenvalue weighted by Gasteiger charge is -2.08. The second-order valence-electron chi connectivity index (χ2n) is 5.66. The monoisotopic (exact) mass is 367 g/mol. The first-order valence-corrected chi connectivity index (χ1v) is 8.57. The van der Waals surface area contributed by atoms with Gasteiger partial charge in [0.15, 0.2) is 0 Å². The Labute approximate surface area is 156 Å². The predicted octanol–water partition coefficient (Wildman–Crippen LogP) is 3.29. The second-order valence-corrected chi connectivity index (χ2v) is 6.10. The Morgan fingerprint density at radius 2 is 1.42 bits per heavy atom.